The van der Waals surface area contributed by atoms with E-state index in [1.165, 1.54) is 9.10 Å². The van der Waals surface area contributed by atoms with E-state index in [9.17, 15) is 9.59 Å². The molecule has 2 amide bonds. The second kappa shape index (κ2) is 23.3. The molecule has 1 aliphatic heterocycles. The van der Waals surface area contributed by atoms with Gasteiger partial charge in [0.15, 0.2) is 0 Å². The highest BCUT2D eigenvalue weighted by atomic mass is 32.2. The van der Waals surface area contributed by atoms with E-state index in [1.54, 1.807) is 26.2 Å². The molecule has 1 aliphatic carbocycles. The molecule has 75 heavy (non-hydrogen) atoms. The van der Waals surface area contributed by atoms with Crippen molar-refractivity contribution < 1.29 is 41.7 Å². The SMILES string of the molecule is COc1ccc(CN(Cc2ccc(OC)cc2)S(=O)(=O)c2c(C[C@H]3CC[C@H](NC(=O)OC(C)(C)C)CC3)ccc(-c3ccc(C4CCN(C(=O)OC(C)(C)C)C4)cc3)c2-c2nnn(Cc3ccc(OC)cc3)n2)cc1. The van der Waals surface area contributed by atoms with Gasteiger partial charge >= 0.3 is 12.2 Å². The molecule has 1 atom stereocenters. The summed E-state index contributed by atoms with van der Waals surface area (Å²) in [6, 6.07) is 34.4. The molecule has 0 radical (unpaired) electrons. The van der Waals surface area contributed by atoms with E-state index in [2.05, 4.69) is 27.8 Å². The Morgan fingerprint density at radius 1 is 0.680 bits per heavy atom. The van der Waals surface area contributed by atoms with Crippen molar-refractivity contribution in [2.75, 3.05) is 34.4 Å². The fourth-order valence-corrected chi connectivity index (χ4v) is 11.7. The summed E-state index contributed by atoms with van der Waals surface area (Å²) in [5.41, 5.74) is 4.60. The Morgan fingerprint density at radius 2 is 1.23 bits per heavy atom. The first-order chi connectivity index (χ1) is 35.8. The lowest BCUT2D eigenvalue weighted by molar-refractivity contribution is 0.0292. The first-order valence-corrected chi connectivity index (χ1v) is 27.1. The van der Waals surface area contributed by atoms with Crippen LogP contribution in [0.3, 0.4) is 0 Å². The number of carbonyl (C=O) groups excluding carboxylic acids is 2. The summed E-state index contributed by atoms with van der Waals surface area (Å²) in [5.74, 6) is 2.35. The van der Waals surface area contributed by atoms with Gasteiger partial charge in [-0.3, -0.25) is 0 Å². The molecular formula is C58H71N7O9S. The molecule has 5 aromatic carbocycles. The number of nitrogens with one attached hydrogen (secondary N) is 1. The fraction of sp³-hybridized carbons (Fsp3) is 0.431. The van der Waals surface area contributed by atoms with Crippen molar-refractivity contribution in [3.63, 3.8) is 0 Å². The first-order valence-electron chi connectivity index (χ1n) is 25.7. The van der Waals surface area contributed by atoms with Crippen LogP contribution in [0.25, 0.3) is 22.5 Å². The van der Waals surface area contributed by atoms with Crippen LogP contribution < -0.4 is 19.5 Å². The molecule has 1 aromatic heterocycles. The number of hydrogen-bond acceptors (Lipinski definition) is 12. The average Bonchev–Trinajstić information content (AvgIpc) is 4.07. The number of nitrogens with zero attached hydrogens (tertiary/aromatic N) is 6. The Balaban J connectivity index is 1.24. The minimum atomic E-state index is -4.45. The predicted octanol–water partition coefficient (Wildman–Crippen LogP) is 10.8. The number of ether oxygens (including phenoxy) is 5. The summed E-state index contributed by atoms with van der Waals surface area (Å²) in [7, 11) is 0.355. The third-order valence-corrected chi connectivity index (χ3v) is 15.6. The second-order valence-corrected chi connectivity index (χ2v) is 23.4. The van der Waals surface area contributed by atoms with Crippen molar-refractivity contribution >= 4 is 22.2 Å². The third-order valence-electron chi connectivity index (χ3n) is 13.6. The number of benzene rings is 5. The highest BCUT2D eigenvalue weighted by Crippen LogP contribution is 2.42. The number of tetrazole rings is 1. The Labute approximate surface area is 441 Å². The average molecular weight is 1040 g/mol. The van der Waals surface area contributed by atoms with Crippen LogP contribution in [0.2, 0.25) is 0 Å². The third kappa shape index (κ3) is 14.0. The summed E-state index contributed by atoms with van der Waals surface area (Å²) >= 11 is 0. The lowest BCUT2D eigenvalue weighted by Gasteiger charge is -2.31. The Morgan fingerprint density at radius 3 is 1.76 bits per heavy atom. The largest absolute Gasteiger partial charge is 0.497 e. The minimum absolute atomic E-state index is 0.0386. The molecule has 1 saturated heterocycles. The van der Waals surface area contributed by atoms with Gasteiger partial charge in [-0.2, -0.15) is 9.10 Å². The number of hydrogen-bond donors (Lipinski definition) is 1. The van der Waals surface area contributed by atoms with Crippen LogP contribution in [-0.2, 0) is 45.6 Å². The van der Waals surface area contributed by atoms with Gasteiger partial charge < -0.3 is 33.9 Å². The number of sulfonamides is 1. The van der Waals surface area contributed by atoms with E-state index in [0.29, 0.717) is 66.3 Å². The molecular weight excluding hydrogens is 971 g/mol. The van der Waals surface area contributed by atoms with Crippen molar-refractivity contribution in [2.45, 2.75) is 128 Å². The van der Waals surface area contributed by atoms with Crippen LogP contribution in [-0.4, -0.2) is 102 Å². The van der Waals surface area contributed by atoms with Crippen molar-refractivity contribution in [3.8, 4) is 39.8 Å². The minimum Gasteiger partial charge on any atom is -0.497 e. The Bertz CT molecular complexity index is 2950. The summed E-state index contributed by atoms with van der Waals surface area (Å²) in [6.07, 6.45) is 3.37. The molecule has 2 fully saturated rings. The number of methoxy groups -OCH3 is 3. The van der Waals surface area contributed by atoms with Crippen LogP contribution >= 0.6 is 0 Å². The summed E-state index contributed by atoms with van der Waals surface area (Å²) < 4.78 is 61.8. The molecule has 0 bridgehead atoms. The van der Waals surface area contributed by atoms with Crippen molar-refractivity contribution in [1.82, 2.24) is 34.7 Å². The zero-order valence-corrected chi connectivity index (χ0v) is 45.5. The van der Waals surface area contributed by atoms with Gasteiger partial charge in [0.1, 0.15) is 28.5 Å². The first kappa shape index (κ1) is 54.3. The molecule has 0 spiro atoms. The maximum Gasteiger partial charge on any atom is 0.410 e. The summed E-state index contributed by atoms with van der Waals surface area (Å²) in [6.45, 7) is 12.6. The van der Waals surface area contributed by atoms with Gasteiger partial charge in [-0.15, -0.1) is 10.2 Å². The van der Waals surface area contributed by atoms with E-state index in [0.717, 1.165) is 47.1 Å². The van der Waals surface area contributed by atoms with Crippen LogP contribution in [0.15, 0.2) is 114 Å². The van der Waals surface area contributed by atoms with Crippen molar-refractivity contribution in [2.24, 2.45) is 5.92 Å². The van der Waals surface area contributed by atoms with Gasteiger partial charge in [0.05, 0.1) is 38.3 Å². The van der Waals surface area contributed by atoms with Gasteiger partial charge in [-0.05, 0) is 167 Å². The molecule has 1 N–H and O–H groups in total. The predicted molar refractivity (Wildman–Crippen MR) is 287 cm³/mol. The molecule has 2 aliphatic rings. The van der Waals surface area contributed by atoms with Gasteiger partial charge in [0.25, 0.3) is 0 Å². The summed E-state index contributed by atoms with van der Waals surface area (Å²) in [5, 5.41) is 17.2. The molecule has 398 valence electrons. The molecule has 17 heteroatoms. The Kier molecular flexibility index (Phi) is 16.8. The number of carbonyl (C=O) groups is 2. The zero-order chi connectivity index (χ0) is 53.5. The molecule has 1 unspecified atom stereocenters. The maximum atomic E-state index is 16.4. The molecule has 16 nitrogen and oxygen atoms in total. The molecule has 2 heterocycles. The maximum absolute atomic E-state index is 16.4. The van der Waals surface area contributed by atoms with E-state index in [1.807, 2.05) is 139 Å². The van der Waals surface area contributed by atoms with E-state index >= 15 is 8.42 Å². The smallest absolute Gasteiger partial charge is 0.410 e. The standard InChI is InChI=1S/C58H71N7O9S/c1-57(2,3)73-55(66)59-47-23-10-39(11-24-47)34-45-22-31-51(44-20-18-43(19-21-44)46-32-33-63(38-46)56(67)74-58(4,5)6)52(54-60-62-65(61-54)37-42-16-29-50(72-9)30-17-42)53(45)75(68,69)64(35-40-12-25-48(70-7)26-13-40)36-41-14-27-49(71-8)28-15-41/h12-22,25-31,39,46-47H,10-11,23-24,32-38H2,1-9H3,(H,59,66)/t39-,46?,47-. The lowest BCUT2D eigenvalue weighted by Crippen LogP contribution is -2.41. The van der Waals surface area contributed by atoms with Gasteiger partial charge in [-0.1, -0.05) is 72.8 Å². The number of aromatic nitrogens is 4. The van der Waals surface area contributed by atoms with Crippen molar-refractivity contribution in [3.05, 3.63) is 137 Å². The van der Waals surface area contributed by atoms with Crippen molar-refractivity contribution in [1.29, 1.82) is 0 Å². The van der Waals surface area contributed by atoms with Crippen LogP contribution in [0.5, 0.6) is 17.2 Å². The zero-order valence-electron chi connectivity index (χ0n) is 44.7. The number of rotatable bonds is 17. The van der Waals surface area contributed by atoms with E-state index in [4.69, 9.17) is 28.8 Å². The van der Waals surface area contributed by atoms with Crippen LogP contribution in [0.1, 0.15) is 107 Å². The van der Waals surface area contributed by atoms with Crippen LogP contribution in [0, 0.1) is 5.92 Å². The van der Waals surface area contributed by atoms with E-state index < -0.39 is 27.3 Å². The monoisotopic (exact) mass is 1040 g/mol. The lowest BCUT2D eigenvalue weighted by atomic mass is 9.81. The van der Waals surface area contributed by atoms with Gasteiger partial charge in [0, 0.05) is 38.1 Å². The summed E-state index contributed by atoms with van der Waals surface area (Å²) in [4.78, 5) is 29.2. The number of alkyl carbamates (subject to hydrolysis) is 1. The topological polar surface area (TPSA) is 177 Å². The normalized spacial score (nSPS) is 17.1. The highest BCUT2D eigenvalue weighted by molar-refractivity contribution is 7.89. The quantitative estimate of drug-likeness (QED) is 0.0916. The number of amides is 2. The highest BCUT2D eigenvalue weighted by Gasteiger charge is 2.36. The fourth-order valence-electron chi connectivity index (χ4n) is 9.83. The van der Waals surface area contributed by atoms with Crippen LogP contribution in [0.4, 0.5) is 9.59 Å². The molecule has 1 saturated carbocycles. The van der Waals surface area contributed by atoms with Gasteiger partial charge in [0.2, 0.25) is 15.8 Å². The molecule has 8 rings (SSSR count). The second-order valence-electron chi connectivity index (χ2n) is 21.5. The van der Waals surface area contributed by atoms with E-state index in [-0.39, 0.29) is 54.3 Å². The number of likely N-dealkylation sites (tertiary alicyclic amines) is 1. The Hall–Kier alpha value is -6.98. The molecule has 6 aromatic rings. The van der Waals surface area contributed by atoms with Gasteiger partial charge in [-0.25, -0.2) is 18.0 Å².